The van der Waals surface area contributed by atoms with Crippen LogP contribution in [0.25, 0.3) is 0 Å². The smallest absolute Gasteiger partial charge is 0.225 e. The van der Waals surface area contributed by atoms with Crippen LogP contribution in [-0.2, 0) is 9.53 Å². The molecule has 0 unspecified atom stereocenters. The monoisotopic (exact) mass is 331 g/mol. The largest absolute Gasteiger partial charge is 0.377 e. The van der Waals surface area contributed by atoms with Crippen LogP contribution >= 0.6 is 15.9 Å². The number of amides is 1. The van der Waals surface area contributed by atoms with Gasteiger partial charge in [-0.05, 0) is 25.7 Å². The van der Waals surface area contributed by atoms with E-state index in [1.807, 2.05) is 0 Å². The van der Waals surface area contributed by atoms with Crippen LogP contribution in [0.3, 0.4) is 0 Å². The molecular weight excluding hydrogens is 306 g/mol. The molecule has 0 spiro atoms. The van der Waals surface area contributed by atoms with Gasteiger partial charge in [0, 0.05) is 24.3 Å². The summed E-state index contributed by atoms with van der Waals surface area (Å²) < 4.78 is 5.74. The second-order valence-corrected chi connectivity index (χ2v) is 6.57. The Balaban J connectivity index is 1.75. The van der Waals surface area contributed by atoms with Crippen molar-refractivity contribution in [3.8, 4) is 0 Å². The fourth-order valence-electron chi connectivity index (χ4n) is 3.24. The maximum Gasteiger partial charge on any atom is 0.225 e. The summed E-state index contributed by atoms with van der Waals surface area (Å²) in [7, 11) is 0. The molecular formula is C15H26BrNO2. The molecule has 2 rings (SSSR count). The highest BCUT2D eigenvalue weighted by atomic mass is 79.9. The maximum absolute atomic E-state index is 12.5. The first-order valence-electron chi connectivity index (χ1n) is 7.77. The third-order valence-corrected chi connectivity index (χ3v) is 4.71. The molecule has 4 heteroatoms. The van der Waals surface area contributed by atoms with Crippen LogP contribution in [0.1, 0.15) is 51.4 Å². The number of hydrogen-bond donors (Lipinski definition) is 0. The summed E-state index contributed by atoms with van der Waals surface area (Å²) in [4.78, 5) is 14.6. The van der Waals surface area contributed by atoms with Gasteiger partial charge in [-0.1, -0.05) is 41.6 Å². The Morgan fingerprint density at radius 1 is 1.05 bits per heavy atom. The van der Waals surface area contributed by atoms with Gasteiger partial charge in [0.15, 0.2) is 0 Å². The molecule has 1 saturated heterocycles. The van der Waals surface area contributed by atoms with Crippen molar-refractivity contribution in [2.75, 3.05) is 25.0 Å². The highest BCUT2D eigenvalue weighted by Crippen LogP contribution is 2.26. The van der Waals surface area contributed by atoms with E-state index in [-0.39, 0.29) is 0 Å². The Labute approximate surface area is 125 Å². The molecule has 19 heavy (non-hydrogen) atoms. The van der Waals surface area contributed by atoms with E-state index in [9.17, 15) is 4.79 Å². The summed E-state index contributed by atoms with van der Waals surface area (Å²) >= 11 is 3.38. The lowest BCUT2D eigenvalue weighted by Gasteiger charge is -2.34. The van der Waals surface area contributed by atoms with Crippen molar-refractivity contribution in [3.63, 3.8) is 0 Å². The van der Waals surface area contributed by atoms with Gasteiger partial charge in [-0.3, -0.25) is 4.79 Å². The van der Waals surface area contributed by atoms with Crippen LogP contribution in [0.4, 0.5) is 0 Å². The number of rotatable bonds is 4. The fraction of sp³-hybridized carbons (Fsp3) is 0.933. The summed E-state index contributed by atoms with van der Waals surface area (Å²) in [6.07, 6.45) is 9.69. The van der Waals surface area contributed by atoms with E-state index < -0.39 is 0 Å². The molecule has 0 bridgehead atoms. The number of hydrogen-bond acceptors (Lipinski definition) is 2. The van der Waals surface area contributed by atoms with Gasteiger partial charge in [-0.15, -0.1) is 0 Å². The van der Waals surface area contributed by atoms with Crippen molar-refractivity contribution in [1.29, 1.82) is 0 Å². The zero-order valence-electron chi connectivity index (χ0n) is 11.8. The van der Waals surface area contributed by atoms with Gasteiger partial charge < -0.3 is 9.64 Å². The molecule has 3 nitrogen and oxygen atoms in total. The van der Waals surface area contributed by atoms with E-state index in [1.165, 1.54) is 25.7 Å². The van der Waals surface area contributed by atoms with E-state index in [4.69, 9.17) is 4.74 Å². The quantitative estimate of drug-likeness (QED) is 0.584. The molecule has 1 aliphatic carbocycles. The summed E-state index contributed by atoms with van der Waals surface area (Å²) in [5.74, 6) is 0.725. The Bertz CT molecular complexity index is 269. The minimum absolute atomic E-state index is 0.308. The predicted molar refractivity (Wildman–Crippen MR) is 80.5 cm³/mol. The normalized spacial score (nSPS) is 23.3. The molecule has 2 aliphatic rings. The lowest BCUT2D eigenvalue weighted by atomic mass is 9.97. The number of nitrogens with zero attached hydrogens (tertiary/aromatic N) is 1. The summed E-state index contributed by atoms with van der Waals surface area (Å²) in [6.45, 7) is 2.56. The second-order valence-electron chi connectivity index (χ2n) is 5.77. The Hall–Kier alpha value is -0.0900. The summed E-state index contributed by atoms with van der Waals surface area (Å²) in [5.41, 5.74) is 0. The van der Waals surface area contributed by atoms with E-state index in [1.54, 1.807) is 0 Å². The zero-order chi connectivity index (χ0) is 13.5. The van der Waals surface area contributed by atoms with Crippen molar-refractivity contribution in [1.82, 2.24) is 4.90 Å². The number of likely N-dealkylation sites (tertiary alicyclic amines) is 1. The topological polar surface area (TPSA) is 29.5 Å². The van der Waals surface area contributed by atoms with E-state index in [0.29, 0.717) is 17.9 Å². The summed E-state index contributed by atoms with van der Waals surface area (Å²) in [6, 6.07) is 0. The molecule has 0 aromatic rings. The first-order valence-corrected chi connectivity index (χ1v) is 8.89. The van der Waals surface area contributed by atoms with Gasteiger partial charge in [0.1, 0.15) is 0 Å². The van der Waals surface area contributed by atoms with Crippen LogP contribution in [0.5, 0.6) is 0 Å². The van der Waals surface area contributed by atoms with Crippen LogP contribution in [0.2, 0.25) is 0 Å². The molecule has 1 heterocycles. The number of halogens is 1. The molecule has 0 atom stereocenters. The first kappa shape index (κ1) is 15.3. The third-order valence-electron chi connectivity index (χ3n) is 4.39. The van der Waals surface area contributed by atoms with Crippen LogP contribution in [-0.4, -0.2) is 41.9 Å². The van der Waals surface area contributed by atoms with Crippen LogP contribution in [0, 0.1) is 5.92 Å². The number of alkyl halides is 1. The van der Waals surface area contributed by atoms with Gasteiger partial charge in [0.2, 0.25) is 5.91 Å². The third kappa shape index (κ3) is 4.75. The van der Waals surface area contributed by atoms with Gasteiger partial charge in [-0.2, -0.15) is 0 Å². The Morgan fingerprint density at radius 3 is 2.26 bits per heavy atom. The lowest BCUT2D eigenvalue weighted by molar-refractivity contribution is -0.138. The molecule has 1 saturated carbocycles. The average molecular weight is 332 g/mol. The van der Waals surface area contributed by atoms with Gasteiger partial charge in [-0.25, -0.2) is 0 Å². The van der Waals surface area contributed by atoms with Crippen LogP contribution < -0.4 is 0 Å². The second kappa shape index (κ2) is 8.25. The molecule has 110 valence electrons. The molecule has 2 fully saturated rings. The van der Waals surface area contributed by atoms with Crippen molar-refractivity contribution >= 4 is 21.8 Å². The van der Waals surface area contributed by atoms with Crippen LogP contribution in [0.15, 0.2) is 0 Å². The average Bonchev–Trinajstić information content (AvgIpc) is 2.74. The van der Waals surface area contributed by atoms with Crippen molar-refractivity contribution < 1.29 is 9.53 Å². The van der Waals surface area contributed by atoms with E-state index in [2.05, 4.69) is 20.8 Å². The summed E-state index contributed by atoms with van der Waals surface area (Å²) in [5, 5.41) is 0.897. The van der Waals surface area contributed by atoms with E-state index >= 15 is 0 Å². The minimum atomic E-state index is 0.308. The molecule has 1 amide bonds. The number of ether oxygens (including phenoxy) is 1. The Morgan fingerprint density at radius 2 is 1.68 bits per heavy atom. The number of piperidine rings is 1. The van der Waals surface area contributed by atoms with Crippen molar-refractivity contribution in [2.45, 2.75) is 57.5 Å². The van der Waals surface area contributed by atoms with Gasteiger partial charge in [0.25, 0.3) is 0 Å². The molecule has 0 aromatic carbocycles. The first-order chi connectivity index (χ1) is 9.31. The molecule has 0 aromatic heterocycles. The molecule has 0 radical (unpaired) electrons. The zero-order valence-corrected chi connectivity index (χ0v) is 13.4. The number of carbonyl (C=O) groups is 1. The van der Waals surface area contributed by atoms with Crippen molar-refractivity contribution in [3.05, 3.63) is 0 Å². The van der Waals surface area contributed by atoms with Crippen molar-refractivity contribution in [2.24, 2.45) is 5.92 Å². The highest BCUT2D eigenvalue weighted by Gasteiger charge is 2.28. The van der Waals surface area contributed by atoms with Gasteiger partial charge in [0.05, 0.1) is 12.7 Å². The number of carbonyl (C=O) groups excluding carboxylic acids is 1. The van der Waals surface area contributed by atoms with E-state index in [0.717, 1.165) is 50.7 Å². The molecule has 0 N–H and O–H groups in total. The molecule has 1 aliphatic heterocycles. The minimum Gasteiger partial charge on any atom is -0.377 e. The van der Waals surface area contributed by atoms with Gasteiger partial charge >= 0.3 is 0 Å². The fourth-order valence-corrected chi connectivity index (χ4v) is 3.43. The SMILES string of the molecule is O=C(C1CCCCCC1)N1CCC(OCCBr)CC1. The standard InChI is InChI=1S/C15H26BrNO2/c16-9-12-19-14-7-10-17(11-8-14)15(18)13-5-3-1-2-4-6-13/h13-14H,1-12H2. The maximum atomic E-state index is 12.5. The lowest BCUT2D eigenvalue weighted by Crippen LogP contribution is -2.43. The predicted octanol–water partition coefficient (Wildman–Crippen LogP) is 3.36. The Kier molecular flexibility index (Phi) is 6.65. The highest BCUT2D eigenvalue weighted by molar-refractivity contribution is 9.09.